The zero-order valence-electron chi connectivity index (χ0n) is 25.6. The summed E-state index contributed by atoms with van der Waals surface area (Å²) in [7, 11) is 0. The van der Waals surface area contributed by atoms with E-state index < -0.39 is 61.7 Å². The van der Waals surface area contributed by atoms with Gasteiger partial charge in [0.1, 0.15) is 0 Å². The molecule has 0 aliphatic carbocycles. The molecular weight excluding hydrogens is 685 g/mol. The van der Waals surface area contributed by atoms with Crippen molar-refractivity contribution in [2.24, 2.45) is 5.41 Å². The molecule has 0 bridgehead atoms. The highest BCUT2D eigenvalue weighted by Crippen LogP contribution is 2.11. The minimum absolute atomic E-state index is 0.0301. The Hall–Kier alpha value is -1.06. The average Bonchev–Trinajstić information content (AvgIpc) is 2.78. The first kappa shape index (κ1) is 55.4. The molecule has 0 amide bonds. The van der Waals surface area contributed by atoms with Crippen molar-refractivity contribution in [1.29, 1.82) is 0 Å². The normalized spacial score (nSPS) is 13.1. The van der Waals surface area contributed by atoms with Crippen LogP contribution in [0.2, 0.25) is 0 Å². The summed E-state index contributed by atoms with van der Waals surface area (Å²) in [5.41, 5.74) is -1.11. The van der Waals surface area contributed by atoms with Gasteiger partial charge in [0.15, 0.2) is 0 Å². The lowest BCUT2D eigenvalue weighted by Gasteiger charge is -2.23. The van der Waals surface area contributed by atoms with Crippen LogP contribution < -0.4 is 0 Å². The highest BCUT2D eigenvalue weighted by molar-refractivity contribution is 7.81. The molecule has 44 heavy (non-hydrogen) atoms. The summed E-state index contributed by atoms with van der Waals surface area (Å²) in [6.45, 7) is 7.11. The van der Waals surface area contributed by atoms with Gasteiger partial charge < -0.3 is 46.0 Å². The van der Waals surface area contributed by atoms with Crippen LogP contribution in [0, 0.1) is 5.41 Å². The summed E-state index contributed by atoms with van der Waals surface area (Å²) in [6, 6.07) is 0. The van der Waals surface area contributed by atoms with Crippen LogP contribution in [0.25, 0.3) is 0 Å². The van der Waals surface area contributed by atoms with Crippen molar-refractivity contribution in [3.8, 4) is 0 Å². The number of rotatable bonds is 14. The highest BCUT2D eigenvalue weighted by Gasteiger charge is 2.26. The number of aliphatic carboxylic acids is 5. The molecule has 0 spiro atoms. The van der Waals surface area contributed by atoms with Crippen LogP contribution in [0.3, 0.4) is 0 Å². The zero-order chi connectivity index (χ0) is 36.6. The molecule has 14 nitrogen and oxygen atoms in total. The summed E-state index contributed by atoms with van der Waals surface area (Å²) < 4.78 is 0. The van der Waals surface area contributed by atoms with E-state index in [2.05, 4.69) is 63.1 Å². The number of hydrogen-bond donors (Lipinski definition) is 14. The Balaban J connectivity index is -0.0000000987. The van der Waals surface area contributed by atoms with Gasteiger partial charge in [0.25, 0.3) is 0 Å². The average molecular weight is 737 g/mol. The summed E-state index contributed by atoms with van der Waals surface area (Å²) in [5, 5.41) is 74.0. The second-order valence-electron chi connectivity index (χ2n) is 9.37. The number of thiol groups is 5. The van der Waals surface area contributed by atoms with Gasteiger partial charge in [0, 0.05) is 26.2 Å². The molecule has 0 aromatic heterocycles. The molecule has 0 heterocycles. The zero-order valence-corrected chi connectivity index (χ0v) is 30.0. The molecule has 0 fully saturated rings. The van der Waals surface area contributed by atoms with Crippen LogP contribution in [0.4, 0.5) is 0 Å². The van der Waals surface area contributed by atoms with E-state index in [1.807, 2.05) is 0 Å². The largest absolute Gasteiger partial charge is 0.481 e. The second kappa shape index (κ2) is 36.4. The minimum atomic E-state index is -1.11. The van der Waals surface area contributed by atoms with E-state index in [0.29, 0.717) is 0 Å². The maximum absolute atomic E-state index is 9.76. The Morgan fingerprint density at radius 3 is 0.523 bits per heavy atom. The van der Waals surface area contributed by atoms with Crippen LogP contribution in [0.15, 0.2) is 0 Å². The van der Waals surface area contributed by atoms with Crippen molar-refractivity contribution in [3.63, 3.8) is 0 Å². The Morgan fingerprint density at radius 1 is 0.409 bits per heavy atom. The monoisotopic (exact) mass is 736 g/mol. The molecule has 9 N–H and O–H groups in total. The fourth-order valence-electron chi connectivity index (χ4n) is 1.56. The van der Waals surface area contributed by atoms with E-state index in [1.54, 1.807) is 34.6 Å². The highest BCUT2D eigenvalue weighted by atomic mass is 32.1. The van der Waals surface area contributed by atoms with Gasteiger partial charge in [-0.05, 0) is 0 Å². The first-order chi connectivity index (χ1) is 19.9. The number of aliphatic hydroxyl groups is 4. The fourth-order valence-corrected chi connectivity index (χ4v) is 2.34. The van der Waals surface area contributed by atoms with Crippen molar-refractivity contribution in [1.82, 2.24) is 0 Å². The summed E-state index contributed by atoms with van der Waals surface area (Å²) in [5.74, 6) is -3.95. The number of carbonyl (C=O) groups is 5. The quantitative estimate of drug-likeness (QED) is 0.114. The van der Waals surface area contributed by atoms with Gasteiger partial charge >= 0.3 is 29.8 Å². The topological polar surface area (TPSA) is 267 Å². The van der Waals surface area contributed by atoms with E-state index in [-0.39, 0.29) is 58.4 Å². The van der Waals surface area contributed by atoms with Crippen LogP contribution in [-0.4, -0.2) is 128 Å². The molecule has 0 aromatic carbocycles. The molecule has 0 aromatic rings. The van der Waals surface area contributed by atoms with E-state index in [0.717, 1.165) is 0 Å². The van der Waals surface area contributed by atoms with Crippen molar-refractivity contribution < 1.29 is 69.9 Å². The van der Waals surface area contributed by atoms with Gasteiger partial charge in [0.05, 0.1) is 63.9 Å². The van der Waals surface area contributed by atoms with E-state index in [1.165, 1.54) is 0 Å². The van der Waals surface area contributed by atoms with Gasteiger partial charge in [0.2, 0.25) is 0 Å². The molecule has 5 unspecified atom stereocenters. The molecule has 0 aliphatic rings. The molecule has 5 atom stereocenters. The van der Waals surface area contributed by atoms with Crippen molar-refractivity contribution >= 4 is 93.0 Å². The van der Waals surface area contributed by atoms with Gasteiger partial charge in [-0.2, -0.15) is 63.1 Å². The molecule has 0 saturated carbocycles. The first-order valence-corrected chi connectivity index (χ1v) is 15.4. The molecule has 0 aliphatic heterocycles. The molecule has 0 saturated heterocycles. The van der Waals surface area contributed by atoms with Crippen LogP contribution in [0.1, 0.15) is 66.7 Å². The minimum Gasteiger partial charge on any atom is -0.481 e. The first-order valence-electron chi connectivity index (χ1n) is 12.8. The predicted molar refractivity (Wildman–Crippen MR) is 184 cm³/mol. The number of hydrogen-bond acceptors (Lipinski definition) is 14. The summed E-state index contributed by atoms with van der Waals surface area (Å²) in [4.78, 5) is 48.8. The van der Waals surface area contributed by atoms with Crippen molar-refractivity contribution in [3.05, 3.63) is 0 Å². The smallest absolute Gasteiger partial charge is 0.304 e. The van der Waals surface area contributed by atoms with E-state index in [9.17, 15) is 24.0 Å². The molecule has 266 valence electrons. The maximum Gasteiger partial charge on any atom is 0.304 e. The maximum atomic E-state index is 9.76. The Kier molecular flexibility index (Phi) is 45.8. The summed E-state index contributed by atoms with van der Waals surface area (Å²) in [6.07, 6.45) is 0.710. The third kappa shape index (κ3) is 68.2. The van der Waals surface area contributed by atoms with Gasteiger partial charge in [-0.15, -0.1) is 0 Å². The molecule has 0 rings (SSSR count). The van der Waals surface area contributed by atoms with Gasteiger partial charge in [-0.3, -0.25) is 24.0 Å². The third-order valence-electron chi connectivity index (χ3n) is 3.69. The SMILES string of the molecule is CC(S)CC(=O)O.CC(S)CC(=O)O.CC(S)CC(=O)O.CC(S)CC(=O)O.CC(S)CC(=O)O.OCC(CO)(CO)CO. The van der Waals surface area contributed by atoms with Crippen LogP contribution in [-0.2, 0) is 24.0 Å². The fraction of sp³-hybridized carbons (Fsp3) is 0.800. The van der Waals surface area contributed by atoms with E-state index >= 15 is 0 Å². The summed E-state index contributed by atoms with van der Waals surface area (Å²) >= 11 is 19.3. The Bertz CT molecular complexity index is 598. The Labute approximate surface area is 286 Å². The van der Waals surface area contributed by atoms with Gasteiger partial charge in [-0.25, -0.2) is 0 Å². The third-order valence-corrected chi connectivity index (χ3v) is 4.60. The van der Waals surface area contributed by atoms with Crippen LogP contribution in [0.5, 0.6) is 0 Å². The number of carboxylic acids is 5. The Morgan fingerprint density at radius 2 is 0.523 bits per heavy atom. The number of carboxylic acid groups (broad SMARTS) is 5. The standard InChI is InChI=1S/C5H12O4.5C4H8O2S/c6-1-5(2-7,3-8)4-9;5*1-3(7)2-4(5)6/h6-9H,1-4H2;5*3,7H,2H2,1H3,(H,5,6). The lowest BCUT2D eigenvalue weighted by Crippen LogP contribution is -2.37. The van der Waals surface area contributed by atoms with E-state index in [4.69, 9.17) is 46.0 Å². The lowest BCUT2D eigenvalue weighted by atomic mass is 9.93. The van der Waals surface area contributed by atoms with Crippen LogP contribution >= 0.6 is 63.1 Å². The molecular formula is C25H52O14S5. The van der Waals surface area contributed by atoms with Crippen molar-refractivity contribution in [2.75, 3.05) is 26.4 Å². The molecule has 0 radical (unpaired) electrons. The van der Waals surface area contributed by atoms with Crippen molar-refractivity contribution in [2.45, 2.75) is 93.0 Å². The number of aliphatic hydroxyl groups excluding tert-OH is 4. The predicted octanol–water partition coefficient (Wildman–Crippen LogP) is 1.84. The molecule has 19 heteroatoms. The lowest BCUT2D eigenvalue weighted by molar-refractivity contribution is -0.137. The second-order valence-corrected chi connectivity index (χ2v) is 13.8. The van der Waals surface area contributed by atoms with Gasteiger partial charge in [-0.1, -0.05) is 34.6 Å².